The van der Waals surface area contributed by atoms with Crippen molar-refractivity contribution in [1.82, 2.24) is 0 Å². The molecule has 0 aromatic heterocycles. The van der Waals surface area contributed by atoms with E-state index in [-0.39, 0.29) is 0 Å². The van der Waals surface area contributed by atoms with Crippen molar-refractivity contribution in [3.63, 3.8) is 0 Å². The molecule has 90 valence electrons. The van der Waals surface area contributed by atoms with Crippen LogP contribution in [-0.4, -0.2) is 19.3 Å². The van der Waals surface area contributed by atoms with Gasteiger partial charge in [0, 0.05) is 12.6 Å². The second-order valence-electron chi connectivity index (χ2n) is 4.40. The Bertz CT molecular complexity index is 442. The minimum atomic E-state index is 0.384. The van der Waals surface area contributed by atoms with E-state index >= 15 is 0 Å². The summed E-state index contributed by atoms with van der Waals surface area (Å²) in [7, 11) is 0. The second kappa shape index (κ2) is 5.39. The first-order valence-electron chi connectivity index (χ1n) is 5.74. The van der Waals surface area contributed by atoms with Crippen LogP contribution in [-0.2, 0) is 4.74 Å². The number of hydrogen-bond donors (Lipinski definition) is 1. The van der Waals surface area contributed by atoms with Crippen LogP contribution in [0.15, 0.2) is 18.2 Å². The van der Waals surface area contributed by atoms with E-state index in [9.17, 15) is 0 Å². The van der Waals surface area contributed by atoms with Gasteiger partial charge in [0.25, 0.3) is 0 Å². The minimum absolute atomic E-state index is 0.384. The van der Waals surface area contributed by atoms with E-state index < -0.39 is 0 Å². The van der Waals surface area contributed by atoms with Gasteiger partial charge in [-0.3, -0.25) is 0 Å². The topological polar surface area (TPSA) is 45.0 Å². The molecule has 0 bridgehead atoms. The number of benzene rings is 1. The standard InChI is InChI=1S/C13H15ClN2O/c1-9-8-17-5-4-12(9)16-13-3-2-10(7-15)6-11(13)14/h2-3,6,9,12,16H,4-5,8H2,1H3. The van der Waals surface area contributed by atoms with Gasteiger partial charge in [-0.25, -0.2) is 0 Å². The number of halogens is 1. The van der Waals surface area contributed by atoms with Crippen molar-refractivity contribution in [3.8, 4) is 6.07 Å². The summed E-state index contributed by atoms with van der Waals surface area (Å²) in [4.78, 5) is 0. The molecular formula is C13H15ClN2O. The monoisotopic (exact) mass is 250 g/mol. The third kappa shape index (κ3) is 2.91. The first kappa shape index (κ1) is 12.2. The fourth-order valence-corrected chi connectivity index (χ4v) is 2.23. The molecular weight excluding hydrogens is 236 g/mol. The molecule has 2 unspecified atom stereocenters. The summed E-state index contributed by atoms with van der Waals surface area (Å²) in [6.07, 6.45) is 0.984. The van der Waals surface area contributed by atoms with Crippen LogP contribution in [0.4, 0.5) is 5.69 Å². The highest BCUT2D eigenvalue weighted by Gasteiger charge is 2.22. The molecule has 1 aliphatic heterocycles. The third-order valence-corrected chi connectivity index (χ3v) is 3.39. The number of nitriles is 1. The highest BCUT2D eigenvalue weighted by Crippen LogP contribution is 2.26. The Labute approximate surface area is 106 Å². The molecule has 2 rings (SSSR count). The molecule has 2 atom stereocenters. The lowest BCUT2D eigenvalue weighted by molar-refractivity contribution is 0.0538. The molecule has 17 heavy (non-hydrogen) atoms. The zero-order chi connectivity index (χ0) is 12.3. The summed E-state index contributed by atoms with van der Waals surface area (Å²) in [5.41, 5.74) is 1.48. The van der Waals surface area contributed by atoms with Gasteiger partial charge in [0.05, 0.1) is 28.9 Å². The van der Waals surface area contributed by atoms with Crippen LogP contribution >= 0.6 is 11.6 Å². The minimum Gasteiger partial charge on any atom is -0.381 e. The van der Waals surface area contributed by atoms with Crippen molar-refractivity contribution in [2.45, 2.75) is 19.4 Å². The summed E-state index contributed by atoms with van der Waals surface area (Å²) < 4.78 is 5.40. The highest BCUT2D eigenvalue weighted by atomic mass is 35.5. The van der Waals surface area contributed by atoms with Gasteiger partial charge in [-0.15, -0.1) is 0 Å². The predicted octanol–water partition coefficient (Wildman–Crippen LogP) is 3.05. The predicted molar refractivity (Wildman–Crippen MR) is 68.2 cm³/mol. The van der Waals surface area contributed by atoms with Crippen molar-refractivity contribution in [1.29, 1.82) is 5.26 Å². The van der Waals surface area contributed by atoms with Crippen LogP contribution in [0.3, 0.4) is 0 Å². The van der Waals surface area contributed by atoms with Crippen LogP contribution < -0.4 is 5.32 Å². The molecule has 0 spiro atoms. The maximum atomic E-state index is 8.77. The average Bonchev–Trinajstić information content (AvgIpc) is 2.34. The Balaban J connectivity index is 2.10. The highest BCUT2D eigenvalue weighted by molar-refractivity contribution is 6.33. The van der Waals surface area contributed by atoms with Gasteiger partial charge in [0.15, 0.2) is 0 Å². The second-order valence-corrected chi connectivity index (χ2v) is 4.81. The number of nitrogens with one attached hydrogen (secondary N) is 1. The van der Waals surface area contributed by atoms with Crippen molar-refractivity contribution in [3.05, 3.63) is 28.8 Å². The summed E-state index contributed by atoms with van der Waals surface area (Å²) in [5, 5.41) is 12.8. The number of ether oxygens (including phenoxy) is 1. The molecule has 1 aromatic carbocycles. The van der Waals surface area contributed by atoms with Crippen molar-refractivity contribution in [2.75, 3.05) is 18.5 Å². The molecule has 1 saturated heterocycles. The normalized spacial score (nSPS) is 24.1. The molecule has 1 aromatic rings. The fraction of sp³-hybridized carbons (Fsp3) is 0.462. The number of rotatable bonds is 2. The van der Waals surface area contributed by atoms with Crippen LogP contribution in [0.5, 0.6) is 0 Å². The van der Waals surface area contributed by atoms with Gasteiger partial charge < -0.3 is 10.1 Å². The van der Waals surface area contributed by atoms with Gasteiger partial charge in [0.1, 0.15) is 0 Å². The Morgan fingerprint density at radius 3 is 3.00 bits per heavy atom. The van der Waals surface area contributed by atoms with Gasteiger partial charge >= 0.3 is 0 Å². The maximum Gasteiger partial charge on any atom is 0.0992 e. The summed E-state index contributed by atoms with van der Waals surface area (Å²) >= 11 is 6.13. The Hall–Kier alpha value is -1.24. The van der Waals surface area contributed by atoms with Crippen molar-refractivity contribution >= 4 is 17.3 Å². The number of anilines is 1. The maximum absolute atomic E-state index is 8.77. The fourth-order valence-electron chi connectivity index (χ4n) is 2.00. The van der Waals surface area contributed by atoms with Gasteiger partial charge in [-0.05, 0) is 30.5 Å². The molecule has 4 heteroatoms. The SMILES string of the molecule is CC1COCCC1Nc1ccc(C#N)cc1Cl. The lowest BCUT2D eigenvalue weighted by Crippen LogP contribution is -2.36. The van der Waals surface area contributed by atoms with E-state index in [1.807, 2.05) is 6.07 Å². The molecule has 3 nitrogen and oxygen atoms in total. The molecule has 0 radical (unpaired) electrons. The molecule has 0 aliphatic carbocycles. The first-order chi connectivity index (χ1) is 8.20. The summed E-state index contributed by atoms with van der Waals surface area (Å²) in [5.74, 6) is 0.468. The summed E-state index contributed by atoms with van der Waals surface area (Å²) in [6.45, 7) is 3.73. The largest absolute Gasteiger partial charge is 0.381 e. The average molecular weight is 251 g/mol. The molecule has 1 aliphatic rings. The molecule has 1 fully saturated rings. The lowest BCUT2D eigenvalue weighted by Gasteiger charge is -2.30. The third-order valence-electron chi connectivity index (χ3n) is 3.08. The smallest absolute Gasteiger partial charge is 0.0992 e. The summed E-state index contributed by atoms with van der Waals surface area (Å²) in [6, 6.07) is 7.79. The molecule has 0 amide bonds. The number of nitrogens with zero attached hydrogens (tertiary/aromatic N) is 1. The van der Waals surface area contributed by atoms with E-state index in [1.54, 1.807) is 12.1 Å². The lowest BCUT2D eigenvalue weighted by atomic mass is 9.97. The van der Waals surface area contributed by atoms with E-state index in [0.717, 1.165) is 25.3 Å². The zero-order valence-corrected chi connectivity index (χ0v) is 10.5. The Kier molecular flexibility index (Phi) is 3.88. The van der Waals surface area contributed by atoms with Crippen LogP contribution in [0.2, 0.25) is 5.02 Å². The van der Waals surface area contributed by atoms with E-state index in [1.165, 1.54) is 0 Å². The van der Waals surface area contributed by atoms with Gasteiger partial charge in [0.2, 0.25) is 0 Å². The van der Waals surface area contributed by atoms with Crippen LogP contribution in [0.25, 0.3) is 0 Å². The van der Waals surface area contributed by atoms with Gasteiger partial charge in [-0.2, -0.15) is 5.26 Å². The van der Waals surface area contributed by atoms with Crippen LogP contribution in [0, 0.1) is 17.2 Å². The quantitative estimate of drug-likeness (QED) is 0.878. The van der Waals surface area contributed by atoms with E-state index in [0.29, 0.717) is 22.5 Å². The molecule has 1 N–H and O–H groups in total. The zero-order valence-electron chi connectivity index (χ0n) is 9.74. The van der Waals surface area contributed by atoms with Crippen LogP contribution in [0.1, 0.15) is 18.9 Å². The van der Waals surface area contributed by atoms with Crippen molar-refractivity contribution in [2.24, 2.45) is 5.92 Å². The van der Waals surface area contributed by atoms with E-state index in [4.69, 9.17) is 21.6 Å². The number of hydrogen-bond acceptors (Lipinski definition) is 3. The molecule has 0 saturated carbocycles. The van der Waals surface area contributed by atoms with E-state index in [2.05, 4.69) is 18.3 Å². The molecule has 1 heterocycles. The van der Waals surface area contributed by atoms with Gasteiger partial charge in [-0.1, -0.05) is 18.5 Å². The Morgan fingerprint density at radius 2 is 2.35 bits per heavy atom. The van der Waals surface area contributed by atoms with Crippen molar-refractivity contribution < 1.29 is 4.74 Å². The Morgan fingerprint density at radius 1 is 1.53 bits per heavy atom. The first-order valence-corrected chi connectivity index (χ1v) is 6.12.